The van der Waals surface area contributed by atoms with E-state index in [9.17, 15) is 0 Å². The molecular formula is C16H25N3. The van der Waals surface area contributed by atoms with Crippen molar-refractivity contribution in [1.29, 1.82) is 0 Å². The number of aryl methyl sites for hydroxylation is 1. The largest absolute Gasteiger partial charge is 0.313 e. The Bertz CT molecular complexity index is 391. The normalized spacial score (nSPS) is 23.8. The van der Waals surface area contributed by atoms with Crippen molar-refractivity contribution in [1.82, 2.24) is 15.2 Å². The van der Waals surface area contributed by atoms with Crippen molar-refractivity contribution in [2.75, 3.05) is 13.1 Å². The zero-order valence-corrected chi connectivity index (χ0v) is 11.9. The molecule has 1 N–H and O–H groups in total. The van der Waals surface area contributed by atoms with E-state index in [-0.39, 0.29) is 0 Å². The number of nitrogens with one attached hydrogen (secondary N) is 1. The van der Waals surface area contributed by atoms with Crippen LogP contribution in [0.25, 0.3) is 0 Å². The lowest BCUT2D eigenvalue weighted by molar-refractivity contribution is 0.208. The van der Waals surface area contributed by atoms with Crippen molar-refractivity contribution in [3.8, 4) is 0 Å². The van der Waals surface area contributed by atoms with Crippen molar-refractivity contribution in [2.45, 2.75) is 57.7 Å². The SMILES string of the molecule is Cc1ccc(CN(CC2CCCCN2)C2CC2)cn1. The molecule has 0 aromatic carbocycles. The summed E-state index contributed by atoms with van der Waals surface area (Å²) in [7, 11) is 0. The van der Waals surface area contributed by atoms with E-state index in [0.29, 0.717) is 6.04 Å². The van der Waals surface area contributed by atoms with Crippen LogP contribution in [-0.4, -0.2) is 35.1 Å². The highest BCUT2D eigenvalue weighted by atomic mass is 15.2. The summed E-state index contributed by atoms with van der Waals surface area (Å²) in [6.45, 7) is 5.53. The second-order valence-electron chi connectivity index (χ2n) is 6.12. The lowest BCUT2D eigenvalue weighted by Crippen LogP contribution is -2.44. The maximum atomic E-state index is 4.42. The lowest BCUT2D eigenvalue weighted by Gasteiger charge is -2.30. The van der Waals surface area contributed by atoms with Gasteiger partial charge in [-0.2, -0.15) is 0 Å². The van der Waals surface area contributed by atoms with Crippen molar-refractivity contribution >= 4 is 0 Å². The number of hydrogen-bond acceptors (Lipinski definition) is 3. The maximum absolute atomic E-state index is 4.42. The molecule has 2 aliphatic rings. The topological polar surface area (TPSA) is 28.2 Å². The van der Waals surface area contributed by atoms with Gasteiger partial charge in [-0.3, -0.25) is 9.88 Å². The molecule has 104 valence electrons. The van der Waals surface area contributed by atoms with Gasteiger partial charge in [0.2, 0.25) is 0 Å². The maximum Gasteiger partial charge on any atom is 0.0372 e. The molecular weight excluding hydrogens is 234 g/mol. The van der Waals surface area contributed by atoms with E-state index in [1.165, 1.54) is 50.8 Å². The molecule has 2 heterocycles. The lowest BCUT2D eigenvalue weighted by atomic mass is 10.0. The van der Waals surface area contributed by atoms with Gasteiger partial charge in [-0.1, -0.05) is 12.5 Å². The number of hydrogen-bond donors (Lipinski definition) is 1. The van der Waals surface area contributed by atoms with Crippen LogP contribution in [0.5, 0.6) is 0 Å². The highest BCUT2D eigenvalue weighted by molar-refractivity contribution is 5.13. The van der Waals surface area contributed by atoms with Gasteiger partial charge in [0.25, 0.3) is 0 Å². The number of pyridine rings is 1. The van der Waals surface area contributed by atoms with E-state index in [1.807, 2.05) is 13.1 Å². The van der Waals surface area contributed by atoms with Gasteiger partial charge in [0.1, 0.15) is 0 Å². The van der Waals surface area contributed by atoms with Crippen LogP contribution in [0.4, 0.5) is 0 Å². The fourth-order valence-corrected chi connectivity index (χ4v) is 2.97. The van der Waals surface area contributed by atoms with Crippen LogP contribution in [-0.2, 0) is 6.54 Å². The fourth-order valence-electron chi connectivity index (χ4n) is 2.97. The van der Waals surface area contributed by atoms with Crippen molar-refractivity contribution in [3.05, 3.63) is 29.6 Å². The Kier molecular flexibility index (Phi) is 4.14. The predicted molar refractivity (Wildman–Crippen MR) is 78.0 cm³/mol. The Morgan fingerprint density at radius 3 is 2.79 bits per heavy atom. The molecule has 3 heteroatoms. The molecule has 3 nitrogen and oxygen atoms in total. The first kappa shape index (κ1) is 13.1. The summed E-state index contributed by atoms with van der Waals surface area (Å²) in [6, 6.07) is 5.88. The van der Waals surface area contributed by atoms with Crippen molar-refractivity contribution in [3.63, 3.8) is 0 Å². The Balaban J connectivity index is 1.59. The predicted octanol–water partition coefficient (Wildman–Crippen LogP) is 2.50. The van der Waals surface area contributed by atoms with E-state index in [2.05, 4.69) is 27.3 Å². The molecule has 1 saturated carbocycles. The minimum atomic E-state index is 0.702. The monoisotopic (exact) mass is 259 g/mol. The smallest absolute Gasteiger partial charge is 0.0372 e. The summed E-state index contributed by atoms with van der Waals surface area (Å²) in [5.74, 6) is 0. The van der Waals surface area contributed by atoms with Gasteiger partial charge in [-0.25, -0.2) is 0 Å². The quantitative estimate of drug-likeness (QED) is 0.880. The summed E-state index contributed by atoms with van der Waals surface area (Å²) in [4.78, 5) is 7.08. The van der Waals surface area contributed by atoms with E-state index in [4.69, 9.17) is 0 Å². The molecule has 2 fully saturated rings. The summed E-state index contributed by atoms with van der Waals surface area (Å²) >= 11 is 0. The molecule has 0 spiro atoms. The molecule has 1 aliphatic carbocycles. The van der Waals surface area contributed by atoms with Gasteiger partial charge in [0.05, 0.1) is 0 Å². The van der Waals surface area contributed by atoms with Crippen molar-refractivity contribution in [2.24, 2.45) is 0 Å². The van der Waals surface area contributed by atoms with Gasteiger partial charge < -0.3 is 5.32 Å². The molecule has 3 rings (SSSR count). The number of nitrogens with zero attached hydrogens (tertiary/aromatic N) is 2. The van der Waals surface area contributed by atoms with Gasteiger partial charge in [-0.05, 0) is 50.8 Å². The fraction of sp³-hybridized carbons (Fsp3) is 0.688. The zero-order valence-electron chi connectivity index (χ0n) is 11.9. The van der Waals surface area contributed by atoms with Crippen LogP contribution in [0.15, 0.2) is 18.3 Å². The van der Waals surface area contributed by atoms with Gasteiger partial charge in [-0.15, -0.1) is 0 Å². The summed E-state index contributed by atoms with van der Waals surface area (Å²) in [6.07, 6.45) is 8.89. The van der Waals surface area contributed by atoms with E-state index >= 15 is 0 Å². The third-order valence-corrected chi connectivity index (χ3v) is 4.29. The Labute approximate surface area is 116 Å². The number of piperidine rings is 1. The second-order valence-corrected chi connectivity index (χ2v) is 6.12. The minimum absolute atomic E-state index is 0.702. The first-order valence-corrected chi connectivity index (χ1v) is 7.70. The number of aromatic nitrogens is 1. The van der Waals surface area contributed by atoms with E-state index < -0.39 is 0 Å². The van der Waals surface area contributed by atoms with Gasteiger partial charge >= 0.3 is 0 Å². The third kappa shape index (κ3) is 3.77. The molecule has 1 aliphatic heterocycles. The highest BCUT2D eigenvalue weighted by Gasteiger charge is 2.30. The molecule has 1 saturated heterocycles. The van der Waals surface area contributed by atoms with Gasteiger partial charge in [0, 0.05) is 37.1 Å². The molecule has 1 aromatic heterocycles. The summed E-state index contributed by atoms with van der Waals surface area (Å²) < 4.78 is 0. The molecule has 0 amide bonds. The van der Waals surface area contributed by atoms with Crippen LogP contribution in [0.3, 0.4) is 0 Å². The molecule has 1 atom stereocenters. The first-order valence-electron chi connectivity index (χ1n) is 7.70. The van der Waals surface area contributed by atoms with Crippen LogP contribution < -0.4 is 5.32 Å². The van der Waals surface area contributed by atoms with Crippen LogP contribution >= 0.6 is 0 Å². The average molecular weight is 259 g/mol. The van der Waals surface area contributed by atoms with E-state index in [0.717, 1.165) is 18.3 Å². The summed E-state index contributed by atoms with van der Waals surface area (Å²) in [5, 5.41) is 3.67. The minimum Gasteiger partial charge on any atom is -0.313 e. The van der Waals surface area contributed by atoms with Crippen LogP contribution in [0.2, 0.25) is 0 Å². The number of rotatable bonds is 5. The molecule has 1 aromatic rings. The summed E-state index contributed by atoms with van der Waals surface area (Å²) in [5.41, 5.74) is 2.46. The second kappa shape index (κ2) is 6.02. The molecule has 0 bridgehead atoms. The Hall–Kier alpha value is -0.930. The Morgan fingerprint density at radius 2 is 2.16 bits per heavy atom. The van der Waals surface area contributed by atoms with Gasteiger partial charge in [0.15, 0.2) is 0 Å². The van der Waals surface area contributed by atoms with E-state index in [1.54, 1.807) is 0 Å². The van der Waals surface area contributed by atoms with Crippen LogP contribution in [0.1, 0.15) is 43.4 Å². The standard InChI is InChI=1S/C16H25N3/c1-13-5-6-14(10-18-13)11-19(16-7-8-16)12-15-4-2-3-9-17-15/h5-6,10,15-17H,2-4,7-9,11-12H2,1H3. The highest BCUT2D eigenvalue weighted by Crippen LogP contribution is 2.29. The molecule has 0 radical (unpaired) electrons. The molecule has 1 unspecified atom stereocenters. The average Bonchev–Trinajstić information content (AvgIpc) is 3.26. The first-order chi connectivity index (χ1) is 9.31. The van der Waals surface area contributed by atoms with Crippen LogP contribution in [0, 0.1) is 6.92 Å². The zero-order chi connectivity index (χ0) is 13.1. The molecule has 19 heavy (non-hydrogen) atoms. The Morgan fingerprint density at radius 1 is 1.26 bits per heavy atom. The van der Waals surface area contributed by atoms with Crippen molar-refractivity contribution < 1.29 is 0 Å². The third-order valence-electron chi connectivity index (χ3n) is 4.29.